The van der Waals surface area contributed by atoms with Gasteiger partial charge in [0.1, 0.15) is 0 Å². The minimum Gasteiger partial charge on any atom is -0.399 e. The molecule has 0 saturated heterocycles. The number of anilines is 1. The number of nitrogens with zero attached hydrogens (tertiary/aromatic N) is 1. The highest BCUT2D eigenvalue weighted by Gasteiger charge is 2.48. The Morgan fingerprint density at radius 1 is 1.11 bits per heavy atom. The highest BCUT2D eigenvalue weighted by Crippen LogP contribution is 2.53. The molecule has 0 spiro atoms. The van der Waals surface area contributed by atoms with Crippen molar-refractivity contribution >= 4 is 5.69 Å². The van der Waals surface area contributed by atoms with Gasteiger partial charge >= 0.3 is 0 Å². The number of nitrogen functional groups attached to an aromatic ring is 1. The average molecular weight is 244 g/mol. The van der Waals surface area contributed by atoms with Gasteiger partial charge in [0.25, 0.3) is 0 Å². The molecule has 0 radical (unpaired) electrons. The molecule has 4 rings (SSSR count). The van der Waals surface area contributed by atoms with E-state index >= 15 is 0 Å². The molecule has 18 heavy (non-hydrogen) atoms. The fourth-order valence-electron chi connectivity index (χ4n) is 4.18. The van der Waals surface area contributed by atoms with Crippen LogP contribution in [0.4, 0.5) is 5.69 Å². The molecule has 98 valence electrons. The van der Waals surface area contributed by atoms with E-state index in [0.717, 1.165) is 29.5 Å². The summed E-state index contributed by atoms with van der Waals surface area (Å²) < 4.78 is 0. The van der Waals surface area contributed by atoms with E-state index < -0.39 is 0 Å². The van der Waals surface area contributed by atoms with E-state index in [0.29, 0.717) is 0 Å². The largest absolute Gasteiger partial charge is 0.399 e. The van der Waals surface area contributed by atoms with Crippen molar-refractivity contribution in [2.75, 3.05) is 19.8 Å². The van der Waals surface area contributed by atoms with Gasteiger partial charge in [-0.3, -0.25) is 0 Å². The highest BCUT2D eigenvalue weighted by atomic mass is 15.1. The first-order valence-corrected chi connectivity index (χ1v) is 7.08. The maximum absolute atomic E-state index is 6.04. The predicted octanol–water partition coefficient (Wildman–Crippen LogP) is 3.02. The third kappa shape index (κ3) is 1.83. The summed E-state index contributed by atoms with van der Waals surface area (Å²) in [7, 11) is 4.46. The molecule has 0 aliphatic heterocycles. The van der Waals surface area contributed by atoms with Gasteiger partial charge in [-0.2, -0.15) is 0 Å². The van der Waals surface area contributed by atoms with Crippen LogP contribution in [0.15, 0.2) is 18.2 Å². The minimum atomic E-state index is 0.743. The first-order valence-electron chi connectivity index (χ1n) is 7.08. The number of aryl methyl sites for hydroxylation is 1. The van der Waals surface area contributed by atoms with Gasteiger partial charge in [0.05, 0.1) is 0 Å². The van der Waals surface area contributed by atoms with Crippen LogP contribution in [0, 0.1) is 18.8 Å². The van der Waals surface area contributed by atoms with Crippen LogP contribution in [0.1, 0.15) is 36.3 Å². The third-order valence-electron chi connectivity index (χ3n) is 5.12. The smallest absolute Gasteiger partial charge is 0.0346 e. The molecule has 3 saturated carbocycles. The van der Waals surface area contributed by atoms with Crippen molar-refractivity contribution < 1.29 is 0 Å². The third-order valence-corrected chi connectivity index (χ3v) is 5.12. The summed E-state index contributed by atoms with van der Waals surface area (Å²) in [6, 6.07) is 7.50. The summed E-state index contributed by atoms with van der Waals surface area (Å²) in [4.78, 5) is 2.43. The van der Waals surface area contributed by atoms with Crippen molar-refractivity contribution in [2.24, 2.45) is 11.8 Å². The second-order valence-electron chi connectivity index (χ2n) is 6.49. The first kappa shape index (κ1) is 12.0. The van der Waals surface area contributed by atoms with Gasteiger partial charge in [0.2, 0.25) is 0 Å². The van der Waals surface area contributed by atoms with Crippen molar-refractivity contribution in [3.63, 3.8) is 0 Å². The highest BCUT2D eigenvalue weighted by molar-refractivity contribution is 5.49. The summed E-state index contributed by atoms with van der Waals surface area (Å²) >= 11 is 0. The second kappa shape index (κ2) is 4.27. The Bertz CT molecular complexity index is 440. The van der Waals surface area contributed by atoms with Gasteiger partial charge in [-0.05, 0) is 75.2 Å². The van der Waals surface area contributed by atoms with Gasteiger partial charge in [0.15, 0.2) is 0 Å². The topological polar surface area (TPSA) is 29.3 Å². The molecule has 1 aromatic rings. The molecular formula is C16H24N2. The molecular weight excluding hydrogens is 220 g/mol. The fourth-order valence-corrected chi connectivity index (χ4v) is 4.18. The molecule has 3 aliphatic carbocycles. The number of hydrogen-bond donors (Lipinski definition) is 1. The van der Waals surface area contributed by atoms with Gasteiger partial charge in [-0.1, -0.05) is 12.1 Å². The Morgan fingerprint density at radius 3 is 2.33 bits per heavy atom. The zero-order valence-electron chi connectivity index (χ0n) is 11.7. The fraction of sp³-hybridized carbons (Fsp3) is 0.625. The normalized spacial score (nSPS) is 34.4. The molecule has 0 amide bonds. The van der Waals surface area contributed by atoms with E-state index in [1.807, 2.05) is 0 Å². The van der Waals surface area contributed by atoms with Gasteiger partial charge in [-0.15, -0.1) is 0 Å². The van der Waals surface area contributed by atoms with E-state index in [-0.39, 0.29) is 0 Å². The van der Waals surface area contributed by atoms with E-state index in [4.69, 9.17) is 5.73 Å². The van der Waals surface area contributed by atoms with Gasteiger partial charge in [-0.25, -0.2) is 0 Å². The van der Waals surface area contributed by atoms with E-state index in [1.54, 1.807) is 0 Å². The maximum Gasteiger partial charge on any atom is 0.0346 e. The SMILES string of the molecule is Cc1ccc(C2CC3CC(C2)C3N(C)C)cc1N. The lowest BCUT2D eigenvalue weighted by molar-refractivity contribution is -0.0238. The summed E-state index contributed by atoms with van der Waals surface area (Å²) in [5.74, 6) is 2.56. The molecule has 0 heterocycles. The van der Waals surface area contributed by atoms with Gasteiger partial charge in [0, 0.05) is 11.7 Å². The van der Waals surface area contributed by atoms with Gasteiger partial charge < -0.3 is 10.6 Å². The lowest BCUT2D eigenvalue weighted by atomic mass is 9.56. The summed E-state index contributed by atoms with van der Waals surface area (Å²) in [6.07, 6.45) is 4.14. The lowest BCUT2D eigenvalue weighted by Gasteiger charge is -2.55. The summed E-state index contributed by atoms with van der Waals surface area (Å²) in [5.41, 5.74) is 9.66. The quantitative estimate of drug-likeness (QED) is 0.810. The Balaban J connectivity index is 1.75. The molecule has 3 fully saturated rings. The Labute approximate surface area is 110 Å². The van der Waals surface area contributed by atoms with Crippen molar-refractivity contribution in [3.8, 4) is 0 Å². The Kier molecular flexibility index (Phi) is 2.86. The Morgan fingerprint density at radius 2 is 1.78 bits per heavy atom. The molecule has 2 nitrogen and oxygen atoms in total. The zero-order chi connectivity index (χ0) is 12.9. The number of rotatable bonds is 2. The van der Waals surface area contributed by atoms with Crippen molar-refractivity contribution in [1.29, 1.82) is 0 Å². The molecule has 0 aromatic heterocycles. The molecule has 2 N–H and O–H groups in total. The molecule has 1 aromatic carbocycles. The molecule has 2 bridgehead atoms. The van der Waals surface area contributed by atoms with Crippen LogP contribution in [0.5, 0.6) is 0 Å². The second-order valence-corrected chi connectivity index (χ2v) is 6.49. The van der Waals surface area contributed by atoms with Crippen molar-refractivity contribution in [1.82, 2.24) is 4.90 Å². The Hall–Kier alpha value is -1.02. The minimum absolute atomic E-state index is 0.743. The number of benzene rings is 1. The monoisotopic (exact) mass is 244 g/mol. The average Bonchev–Trinajstić information content (AvgIpc) is 2.32. The predicted molar refractivity (Wildman–Crippen MR) is 76.6 cm³/mol. The summed E-state index contributed by atoms with van der Waals surface area (Å²) in [6.45, 7) is 2.08. The van der Waals surface area contributed by atoms with Crippen LogP contribution in [0.25, 0.3) is 0 Å². The molecule has 2 heteroatoms. The standard InChI is InChI=1S/C16H24N2/c1-10-4-5-11(9-15(10)17)12-6-13-8-14(7-12)16(13)18(2)3/h4-5,9,12-14,16H,6-8,17H2,1-3H3. The maximum atomic E-state index is 6.04. The zero-order valence-corrected chi connectivity index (χ0v) is 11.7. The molecule has 2 atom stereocenters. The van der Waals surface area contributed by atoms with E-state index in [9.17, 15) is 0 Å². The molecule has 3 aliphatic rings. The van der Waals surface area contributed by atoms with Crippen LogP contribution in [0.2, 0.25) is 0 Å². The lowest BCUT2D eigenvalue weighted by Crippen LogP contribution is -2.54. The first-order chi connectivity index (χ1) is 8.56. The van der Waals surface area contributed by atoms with Crippen molar-refractivity contribution in [3.05, 3.63) is 29.3 Å². The number of nitrogens with two attached hydrogens (primary N) is 1. The van der Waals surface area contributed by atoms with Crippen LogP contribution in [-0.2, 0) is 0 Å². The number of fused-ring (bicyclic) bond motifs is 2. The van der Waals surface area contributed by atoms with Crippen LogP contribution in [-0.4, -0.2) is 25.0 Å². The van der Waals surface area contributed by atoms with Crippen LogP contribution < -0.4 is 5.73 Å². The van der Waals surface area contributed by atoms with Crippen LogP contribution >= 0.6 is 0 Å². The molecule has 2 unspecified atom stereocenters. The van der Waals surface area contributed by atoms with E-state index in [2.05, 4.69) is 44.1 Å². The van der Waals surface area contributed by atoms with Crippen LogP contribution in [0.3, 0.4) is 0 Å². The van der Waals surface area contributed by atoms with E-state index in [1.165, 1.54) is 30.4 Å². The summed E-state index contributed by atoms with van der Waals surface area (Å²) in [5, 5.41) is 0. The van der Waals surface area contributed by atoms with Crippen molar-refractivity contribution in [2.45, 2.75) is 38.1 Å². The number of hydrogen-bond acceptors (Lipinski definition) is 2.